The van der Waals surface area contributed by atoms with Crippen LogP contribution in [0.3, 0.4) is 0 Å². The van der Waals surface area contributed by atoms with Gasteiger partial charge in [0, 0.05) is 12.2 Å². The van der Waals surface area contributed by atoms with Crippen LogP contribution in [-0.4, -0.2) is 23.0 Å². The number of aryl methyl sites for hydroxylation is 1. The van der Waals surface area contributed by atoms with E-state index in [2.05, 4.69) is 14.7 Å². The molecule has 0 bridgehead atoms. The van der Waals surface area contributed by atoms with Crippen LogP contribution in [0, 0.1) is 6.92 Å². The summed E-state index contributed by atoms with van der Waals surface area (Å²) in [6.07, 6.45) is 0.164. The minimum Gasteiger partial charge on any atom is -0.469 e. The number of H-pyrrole nitrogens is 1. The lowest BCUT2D eigenvalue weighted by molar-refractivity contribution is -0.139. The Kier molecular flexibility index (Phi) is 3.02. The van der Waals surface area contributed by atoms with Crippen molar-refractivity contribution in [2.75, 3.05) is 7.11 Å². The summed E-state index contributed by atoms with van der Waals surface area (Å²) in [7, 11) is 1.35. The fraction of sp³-hybridized carbons (Fsp3) is 0.500. The van der Waals surface area contributed by atoms with Crippen molar-refractivity contribution in [3.63, 3.8) is 0 Å². The smallest absolute Gasteiger partial charge is 0.313 e. The molecule has 0 radical (unpaired) electrons. The number of aromatic amines is 1. The minimum atomic E-state index is -0.308. The molecule has 0 saturated heterocycles. The van der Waals surface area contributed by atoms with Crippen LogP contribution in [0.15, 0.2) is 0 Å². The van der Waals surface area contributed by atoms with E-state index in [1.54, 1.807) is 0 Å². The summed E-state index contributed by atoms with van der Waals surface area (Å²) in [6.45, 7) is 2.25. The number of esters is 1. The van der Waals surface area contributed by atoms with Crippen molar-refractivity contribution in [3.05, 3.63) is 17.2 Å². The SMILES string of the molecule is COC(=O)Cc1nc(CN)c(C)[nH]1. The second-order valence-corrected chi connectivity index (χ2v) is 2.71. The van der Waals surface area contributed by atoms with E-state index in [0.717, 1.165) is 11.4 Å². The van der Waals surface area contributed by atoms with Crippen molar-refractivity contribution in [1.29, 1.82) is 0 Å². The van der Waals surface area contributed by atoms with Crippen molar-refractivity contribution >= 4 is 5.97 Å². The molecule has 0 aliphatic rings. The molecule has 3 N–H and O–H groups in total. The summed E-state index contributed by atoms with van der Waals surface area (Å²) in [5.74, 6) is 0.294. The normalized spacial score (nSPS) is 10.1. The first-order valence-corrected chi connectivity index (χ1v) is 3.98. The average Bonchev–Trinajstić information content (AvgIpc) is 2.46. The Labute approximate surface area is 76.3 Å². The number of nitrogens with zero attached hydrogens (tertiary/aromatic N) is 1. The summed E-state index contributed by atoms with van der Waals surface area (Å²) >= 11 is 0. The Bertz CT molecular complexity index is 306. The fourth-order valence-electron chi connectivity index (χ4n) is 1.05. The van der Waals surface area contributed by atoms with E-state index in [1.165, 1.54) is 7.11 Å². The first-order chi connectivity index (χ1) is 6.17. The molecule has 0 fully saturated rings. The second-order valence-electron chi connectivity index (χ2n) is 2.71. The van der Waals surface area contributed by atoms with Gasteiger partial charge in [0.15, 0.2) is 0 Å². The maximum atomic E-state index is 10.9. The number of nitrogens with one attached hydrogen (secondary N) is 1. The predicted octanol–water partition coefficient (Wildman–Crippen LogP) is -0.108. The first-order valence-electron chi connectivity index (χ1n) is 3.98. The van der Waals surface area contributed by atoms with Gasteiger partial charge < -0.3 is 15.5 Å². The molecule has 1 heterocycles. The monoisotopic (exact) mass is 183 g/mol. The minimum absolute atomic E-state index is 0.164. The van der Waals surface area contributed by atoms with Gasteiger partial charge in [0.25, 0.3) is 0 Å². The van der Waals surface area contributed by atoms with Crippen molar-refractivity contribution in [1.82, 2.24) is 9.97 Å². The van der Waals surface area contributed by atoms with Crippen LogP contribution in [0.1, 0.15) is 17.2 Å². The second kappa shape index (κ2) is 4.04. The number of imidazole rings is 1. The van der Waals surface area contributed by atoms with Gasteiger partial charge in [-0.15, -0.1) is 0 Å². The lowest BCUT2D eigenvalue weighted by Gasteiger charge is -1.93. The molecule has 0 spiro atoms. The largest absolute Gasteiger partial charge is 0.469 e. The van der Waals surface area contributed by atoms with E-state index in [1.807, 2.05) is 6.92 Å². The molecule has 0 atom stereocenters. The van der Waals surface area contributed by atoms with Crippen molar-refractivity contribution in [2.45, 2.75) is 19.9 Å². The number of carbonyl (C=O) groups is 1. The molecule has 0 amide bonds. The Balaban J connectivity index is 2.73. The van der Waals surface area contributed by atoms with E-state index in [-0.39, 0.29) is 12.4 Å². The molecule has 13 heavy (non-hydrogen) atoms. The highest BCUT2D eigenvalue weighted by Gasteiger charge is 2.08. The Morgan fingerprint density at radius 1 is 1.69 bits per heavy atom. The Morgan fingerprint density at radius 3 is 2.85 bits per heavy atom. The van der Waals surface area contributed by atoms with E-state index < -0.39 is 0 Å². The molecule has 1 aromatic heterocycles. The number of hydrogen-bond donors (Lipinski definition) is 2. The van der Waals surface area contributed by atoms with Crippen LogP contribution in [-0.2, 0) is 22.5 Å². The lowest BCUT2D eigenvalue weighted by Crippen LogP contribution is -2.06. The third kappa shape index (κ3) is 2.29. The Morgan fingerprint density at radius 2 is 2.38 bits per heavy atom. The van der Waals surface area contributed by atoms with E-state index in [9.17, 15) is 4.79 Å². The van der Waals surface area contributed by atoms with Gasteiger partial charge in [0.1, 0.15) is 12.2 Å². The molecule has 0 saturated carbocycles. The third-order valence-electron chi connectivity index (χ3n) is 1.77. The highest BCUT2D eigenvalue weighted by Crippen LogP contribution is 2.04. The van der Waals surface area contributed by atoms with Gasteiger partial charge in [0.2, 0.25) is 0 Å². The number of aromatic nitrogens is 2. The Hall–Kier alpha value is -1.36. The van der Waals surface area contributed by atoms with Crippen molar-refractivity contribution < 1.29 is 9.53 Å². The summed E-state index contributed by atoms with van der Waals surface area (Å²) in [5.41, 5.74) is 7.12. The molecule has 5 nitrogen and oxygen atoms in total. The topological polar surface area (TPSA) is 81.0 Å². The summed E-state index contributed by atoms with van der Waals surface area (Å²) in [5, 5.41) is 0. The molecule has 1 rings (SSSR count). The van der Waals surface area contributed by atoms with E-state index >= 15 is 0 Å². The lowest BCUT2D eigenvalue weighted by atomic mass is 10.3. The number of nitrogens with two attached hydrogens (primary N) is 1. The van der Waals surface area contributed by atoms with Gasteiger partial charge in [0.05, 0.1) is 12.8 Å². The number of rotatable bonds is 3. The van der Waals surface area contributed by atoms with Gasteiger partial charge in [-0.3, -0.25) is 4.79 Å². The third-order valence-corrected chi connectivity index (χ3v) is 1.77. The van der Waals surface area contributed by atoms with Crippen LogP contribution in [0.2, 0.25) is 0 Å². The zero-order chi connectivity index (χ0) is 9.84. The zero-order valence-electron chi connectivity index (χ0n) is 7.76. The highest BCUT2D eigenvalue weighted by atomic mass is 16.5. The fourth-order valence-corrected chi connectivity index (χ4v) is 1.05. The quantitative estimate of drug-likeness (QED) is 0.641. The maximum Gasteiger partial charge on any atom is 0.313 e. The number of carbonyl (C=O) groups excluding carboxylic acids is 1. The van der Waals surface area contributed by atoms with Crippen molar-refractivity contribution in [3.8, 4) is 0 Å². The van der Waals surface area contributed by atoms with Gasteiger partial charge in [-0.05, 0) is 6.92 Å². The summed E-state index contributed by atoms with van der Waals surface area (Å²) in [4.78, 5) is 18.0. The molecule has 1 aromatic rings. The van der Waals surface area contributed by atoms with Gasteiger partial charge in [-0.25, -0.2) is 4.98 Å². The average molecular weight is 183 g/mol. The number of ether oxygens (including phenoxy) is 1. The molecule has 0 aliphatic heterocycles. The molecular weight excluding hydrogens is 170 g/mol. The molecule has 5 heteroatoms. The zero-order valence-corrected chi connectivity index (χ0v) is 7.76. The van der Waals surface area contributed by atoms with Gasteiger partial charge in [-0.2, -0.15) is 0 Å². The standard InChI is InChI=1S/C8H13N3O2/c1-5-6(4-9)11-7(10-5)3-8(12)13-2/h3-4,9H2,1-2H3,(H,10,11). The van der Waals surface area contributed by atoms with Crippen molar-refractivity contribution in [2.24, 2.45) is 5.73 Å². The molecular formula is C8H13N3O2. The van der Waals surface area contributed by atoms with Crippen LogP contribution in [0.5, 0.6) is 0 Å². The molecule has 0 aliphatic carbocycles. The van der Waals surface area contributed by atoms with Crippen LogP contribution in [0.25, 0.3) is 0 Å². The van der Waals surface area contributed by atoms with Crippen LogP contribution < -0.4 is 5.73 Å². The summed E-state index contributed by atoms with van der Waals surface area (Å²) in [6, 6.07) is 0. The van der Waals surface area contributed by atoms with E-state index in [0.29, 0.717) is 12.4 Å². The van der Waals surface area contributed by atoms with Crippen LogP contribution >= 0.6 is 0 Å². The maximum absolute atomic E-state index is 10.9. The molecule has 72 valence electrons. The summed E-state index contributed by atoms with van der Waals surface area (Å²) < 4.78 is 4.51. The molecule has 0 unspecified atom stereocenters. The van der Waals surface area contributed by atoms with Gasteiger partial charge in [-0.1, -0.05) is 0 Å². The van der Waals surface area contributed by atoms with Crippen LogP contribution in [0.4, 0.5) is 0 Å². The van der Waals surface area contributed by atoms with Gasteiger partial charge >= 0.3 is 5.97 Å². The van der Waals surface area contributed by atoms with E-state index in [4.69, 9.17) is 5.73 Å². The molecule has 0 aromatic carbocycles. The number of hydrogen-bond acceptors (Lipinski definition) is 4. The number of methoxy groups -OCH3 is 1. The first kappa shape index (κ1) is 9.73. The highest BCUT2D eigenvalue weighted by molar-refractivity contribution is 5.71. The predicted molar refractivity (Wildman–Crippen MR) is 46.9 cm³/mol.